The molecule has 43 valence electrons. The Morgan fingerprint density at radius 3 is 2.88 bits per heavy atom. The molecule has 0 aromatic carbocycles. The van der Waals surface area contributed by atoms with Crippen LogP contribution in [0, 0.1) is 0 Å². The minimum atomic E-state index is -0.606. The highest BCUT2D eigenvalue weighted by Gasteiger charge is 2.19. The van der Waals surface area contributed by atoms with Crippen LogP contribution in [0.15, 0.2) is 10.4 Å². The van der Waals surface area contributed by atoms with Crippen molar-refractivity contribution in [3.63, 3.8) is 0 Å². The molecule has 1 aliphatic heterocycles. The quantitative estimate of drug-likeness (QED) is 0.458. The summed E-state index contributed by atoms with van der Waals surface area (Å²) in [5, 5.41) is 18.7. The fourth-order valence-corrected chi connectivity index (χ4v) is 0.343. The number of hydrogen-bond acceptors (Lipinski definition) is 5. The fraction of sp³-hybridized carbons (Fsp3) is 0.667. The SMILES string of the molecule is CC(O)C1=[N+]N=NN1. The molecule has 1 rings (SSSR count). The first-order valence-corrected chi connectivity index (χ1v) is 2.22. The molecule has 0 aromatic heterocycles. The van der Waals surface area contributed by atoms with Gasteiger partial charge in [0.05, 0.1) is 0 Å². The van der Waals surface area contributed by atoms with Gasteiger partial charge in [0.15, 0.2) is 5.22 Å². The van der Waals surface area contributed by atoms with E-state index in [-0.39, 0.29) is 0 Å². The summed E-state index contributed by atoms with van der Waals surface area (Å²) < 4.78 is 0. The van der Waals surface area contributed by atoms with Gasteiger partial charge in [-0.3, -0.25) is 0 Å². The number of amidine groups is 1. The van der Waals surface area contributed by atoms with Crippen molar-refractivity contribution in [2.75, 3.05) is 0 Å². The van der Waals surface area contributed by atoms with Crippen LogP contribution >= 0.6 is 0 Å². The number of aliphatic hydroxyl groups is 1. The predicted octanol–water partition coefficient (Wildman–Crippen LogP) is -1.01. The lowest BCUT2D eigenvalue weighted by molar-refractivity contribution is 0.257. The maximum atomic E-state index is 8.74. The molecule has 1 heterocycles. The number of hydrogen-bond donors (Lipinski definition) is 2. The Kier molecular flexibility index (Phi) is 1.21. The average Bonchev–Trinajstić information content (AvgIpc) is 2.12. The third-order valence-corrected chi connectivity index (χ3v) is 0.757. The van der Waals surface area contributed by atoms with Crippen LogP contribution in [-0.4, -0.2) is 17.0 Å². The molecule has 1 aliphatic rings. The third-order valence-electron chi connectivity index (χ3n) is 0.757. The van der Waals surface area contributed by atoms with Gasteiger partial charge in [0, 0.05) is 5.10 Å². The van der Waals surface area contributed by atoms with Gasteiger partial charge in [0.1, 0.15) is 11.3 Å². The monoisotopic (exact) mass is 114 g/mol. The molecule has 0 aliphatic carbocycles. The third kappa shape index (κ3) is 0.812. The van der Waals surface area contributed by atoms with Gasteiger partial charge in [0.2, 0.25) is 0 Å². The first-order valence-electron chi connectivity index (χ1n) is 2.22. The van der Waals surface area contributed by atoms with Gasteiger partial charge < -0.3 is 5.11 Å². The van der Waals surface area contributed by atoms with Crippen LogP contribution in [0.2, 0.25) is 0 Å². The van der Waals surface area contributed by atoms with Crippen molar-refractivity contribution >= 4 is 5.84 Å². The Bertz CT molecular complexity index is 138. The first-order chi connectivity index (χ1) is 3.80. The Labute approximate surface area is 46.1 Å². The molecule has 0 fully saturated rings. The molecule has 0 saturated carbocycles. The number of rotatable bonds is 1. The summed E-state index contributed by atoms with van der Waals surface area (Å²) in [4.78, 5) is 0. The van der Waals surface area contributed by atoms with E-state index in [4.69, 9.17) is 5.11 Å². The minimum Gasteiger partial charge on any atom is -0.382 e. The summed E-state index contributed by atoms with van der Waals surface area (Å²) >= 11 is 0. The zero-order valence-electron chi connectivity index (χ0n) is 4.37. The Morgan fingerprint density at radius 2 is 2.62 bits per heavy atom. The van der Waals surface area contributed by atoms with Crippen LogP contribution in [0.4, 0.5) is 0 Å². The zero-order chi connectivity index (χ0) is 5.98. The molecule has 1 unspecified atom stereocenters. The van der Waals surface area contributed by atoms with Crippen LogP contribution in [-0.2, 0) is 0 Å². The molecule has 5 heteroatoms. The molecule has 0 amide bonds. The highest BCUT2D eigenvalue weighted by molar-refractivity contribution is 5.84. The molecular formula is C3H6N4O+. The number of nitrogens with zero attached hydrogens (tertiary/aromatic N) is 3. The lowest BCUT2D eigenvalue weighted by Gasteiger charge is -1.89. The molecule has 5 nitrogen and oxygen atoms in total. The van der Waals surface area contributed by atoms with E-state index in [1.165, 1.54) is 0 Å². The van der Waals surface area contributed by atoms with Gasteiger partial charge >= 0.3 is 5.84 Å². The van der Waals surface area contributed by atoms with Crippen LogP contribution in [0.1, 0.15) is 6.92 Å². The zero-order valence-corrected chi connectivity index (χ0v) is 4.37. The largest absolute Gasteiger partial charge is 0.382 e. The van der Waals surface area contributed by atoms with Gasteiger partial charge in [-0.1, -0.05) is 5.43 Å². The van der Waals surface area contributed by atoms with Crippen LogP contribution in [0.5, 0.6) is 0 Å². The van der Waals surface area contributed by atoms with Crippen LogP contribution in [0.3, 0.4) is 0 Å². The molecular weight excluding hydrogens is 108 g/mol. The molecule has 1 atom stereocenters. The highest BCUT2D eigenvalue weighted by Crippen LogP contribution is 1.83. The Morgan fingerprint density at radius 1 is 1.88 bits per heavy atom. The van der Waals surface area contributed by atoms with Crippen LogP contribution < -0.4 is 10.5 Å². The number of nitrogens with one attached hydrogen (secondary N) is 1. The standard InChI is InChI=1S/C3H6N4O/c1-2(8)3-4-6-7-5-3/h2,8H,1H3,(H,4,6,7)/q+1. The summed E-state index contributed by atoms with van der Waals surface area (Å²) in [6, 6.07) is 0. The maximum Gasteiger partial charge on any atom is 0.324 e. The van der Waals surface area contributed by atoms with E-state index in [0.29, 0.717) is 5.84 Å². The van der Waals surface area contributed by atoms with E-state index >= 15 is 0 Å². The van der Waals surface area contributed by atoms with Gasteiger partial charge in [0.25, 0.3) is 0 Å². The van der Waals surface area contributed by atoms with Crippen molar-refractivity contribution in [2.45, 2.75) is 13.0 Å². The van der Waals surface area contributed by atoms with Crippen molar-refractivity contribution in [2.24, 2.45) is 10.4 Å². The summed E-state index contributed by atoms with van der Waals surface area (Å²) in [7, 11) is 0. The van der Waals surface area contributed by atoms with Gasteiger partial charge in [-0.15, -0.1) is 0 Å². The first kappa shape index (κ1) is 5.17. The van der Waals surface area contributed by atoms with E-state index in [1.807, 2.05) is 0 Å². The smallest absolute Gasteiger partial charge is 0.324 e. The summed E-state index contributed by atoms with van der Waals surface area (Å²) in [5.41, 5.74) is 2.41. The van der Waals surface area contributed by atoms with Gasteiger partial charge in [-0.05, 0) is 6.92 Å². The highest BCUT2D eigenvalue weighted by atomic mass is 16.3. The van der Waals surface area contributed by atoms with E-state index in [1.54, 1.807) is 6.92 Å². The fourth-order valence-electron chi connectivity index (χ4n) is 0.343. The second kappa shape index (κ2) is 1.87. The van der Waals surface area contributed by atoms with Crippen molar-refractivity contribution in [1.82, 2.24) is 10.5 Å². The lowest BCUT2D eigenvalue weighted by Crippen LogP contribution is -2.28. The molecule has 0 bridgehead atoms. The number of aliphatic hydroxyl groups excluding tert-OH is 1. The van der Waals surface area contributed by atoms with E-state index < -0.39 is 6.10 Å². The second-order valence-corrected chi connectivity index (χ2v) is 1.46. The van der Waals surface area contributed by atoms with Crippen molar-refractivity contribution in [3.8, 4) is 0 Å². The Balaban J connectivity index is 2.51. The van der Waals surface area contributed by atoms with Crippen LogP contribution in [0.25, 0.3) is 0 Å². The van der Waals surface area contributed by atoms with Gasteiger partial charge in [-0.2, -0.15) is 0 Å². The molecule has 0 aromatic rings. The maximum absolute atomic E-state index is 8.74. The van der Waals surface area contributed by atoms with E-state index in [0.717, 1.165) is 0 Å². The van der Waals surface area contributed by atoms with Gasteiger partial charge in [-0.25, -0.2) is 0 Å². The normalized spacial score (nSPS) is 20.0. The lowest BCUT2D eigenvalue weighted by atomic mass is 10.4. The van der Waals surface area contributed by atoms with Crippen molar-refractivity contribution < 1.29 is 5.11 Å². The molecule has 2 N–H and O–H groups in total. The molecule has 0 spiro atoms. The predicted molar refractivity (Wildman–Crippen MR) is 26.8 cm³/mol. The summed E-state index contributed by atoms with van der Waals surface area (Å²) in [6.07, 6.45) is -0.606. The van der Waals surface area contributed by atoms with Crippen molar-refractivity contribution in [1.29, 1.82) is 0 Å². The second-order valence-electron chi connectivity index (χ2n) is 1.46. The minimum absolute atomic E-state index is 0.394. The molecule has 8 heavy (non-hydrogen) atoms. The van der Waals surface area contributed by atoms with Crippen molar-refractivity contribution in [3.05, 3.63) is 0 Å². The van der Waals surface area contributed by atoms with E-state index in [9.17, 15) is 0 Å². The topological polar surface area (TPSA) is 71.1 Å². The molecule has 1 radical (unpaired) electrons. The summed E-state index contributed by atoms with van der Waals surface area (Å²) in [6.45, 7) is 1.59. The average molecular weight is 114 g/mol. The molecule has 0 saturated heterocycles. The Hall–Kier alpha value is -0.970. The van der Waals surface area contributed by atoms with E-state index in [2.05, 4.69) is 21.0 Å². The summed E-state index contributed by atoms with van der Waals surface area (Å²) in [5.74, 6) is 0.394.